The maximum Gasteiger partial charge on any atom is 0.417 e. The molecule has 0 spiro atoms. The third-order valence-corrected chi connectivity index (χ3v) is 7.42. The van der Waals surface area contributed by atoms with Crippen molar-refractivity contribution < 1.29 is 32.6 Å². The number of halogens is 3. The molecule has 1 aromatic heterocycles. The second-order valence-electron chi connectivity index (χ2n) is 8.51. The summed E-state index contributed by atoms with van der Waals surface area (Å²) in [7, 11) is 0. The number of carboxylic acid groups (broad SMARTS) is 1. The van der Waals surface area contributed by atoms with Crippen LogP contribution in [0.3, 0.4) is 0 Å². The number of hydrogen-bond donors (Lipinski definition) is 2. The molecule has 0 bridgehead atoms. The van der Waals surface area contributed by atoms with Gasteiger partial charge in [0, 0.05) is 17.0 Å². The van der Waals surface area contributed by atoms with Crippen molar-refractivity contribution in [2.75, 3.05) is 6.61 Å². The van der Waals surface area contributed by atoms with Crippen LogP contribution in [-0.2, 0) is 22.1 Å². The Hall–Kier alpha value is -3.85. The van der Waals surface area contributed by atoms with Crippen LogP contribution in [0, 0.1) is 0 Å². The van der Waals surface area contributed by atoms with Crippen molar-refractivity contribution in [3.8, 4) is 11.1 Å². The normalized spacial score (nSPS) is 13.8. The fraction of sp³-hybridized carbons (Fsp3) is 0.185. The van der Waals surface area contributed by atoms with Crippen molar-refractivity contribution in [2.24, 2.45) is 0 Å². The third kappa shape index (κ3) is 4.42. The first-order valence-corrected chi connectivity index (χ1v) is 12.0. The molecule has 1 amide bonds. The van der Waals surface area contributed by atoms with Crippen LogP contribution in [-0.4, -0.2) is 29.8 Å². The van der Waals surface area contributed by atoms with Crippen LogP contribution in [0.2, 0.25) is 0 Å². The SMILES string of the molecule is O=C(N[C@@H](Cc1csc2c(C(F)(F)F)cccc12)C(=O)O)OCC1c2ccccc2-c2ccccc21. The van der Waals surface area contributed by atoms with E-state index in [1.165, 1.54) is 17.5 Å². The summed E-state index contributed by atoms with van der Waals surface area (Å²) in [4.78, 5) is 24.4. The molecule has 3 aromatic carbocycles. The molecule has 5 rings (SSSR count). The summed E-state index contributed by atoms with van der Waals surface area (Å²) in [5.41, 5.74) is 3.80. The van der Waals surface area contributed by atoms with Crippen LogP contribution in [0.5, 0.6) is 0 Å². The molecule has 9 heteroatoms. The van der Waals surface area contributed by atoms with Crippen molar-refractivity contribution in [2.45, 2.75) is 24.6 Å². The van der Waals surface area contributed by atoms with Crippen molar-refractivity contribution in [1.29, 1.82) is 0 Å². The minimum Gasteiger partial charge on any atom is -0.480 e. The first kappa shape index (κ1) is 23.9. The van der Waals surface area contributed by atoms with Crippen molar-refractivity contribution >= 4 is 33.5 Å². The van der Waals surface area contributed by atoms with Gasteiger partial charge in [0.1, 0.15) is 12.6 Å². The minimum absolute atomic E-state index is 0.0164. The molecule has 0 fully saturated rings. The standard InChI is InChI=1S/C27H20F3NO4S/c28-27(29,30)22-11-5-10-16-15(14-36-24(16)22)12-23(25(32)33)31-26(34)35-13-21-19-8-3-1-6-17(19)18-7-2-4-9-20(18)21/h1-11,14,21,23H,12-13H2,(H,31,34)(H,32,33)/t23-/m0/s1. The maximum absolute atomic E-state index is 13.3. The number of thiophene rings is 1. The molecule has 0 aliphatic heterocycles. The number of carboxylic acids is 1. The highest BCUT2D eigenvalue weighted by molar-refractivity contribution is 7.17. The third-order valence-electron chi connectivity index (χ3n) is 6.34. The average Bonchev–Trinajstić information content (AvgIpc) is 3.40. The van der Waals surface area contributed by atoms with Gasteiger partial charge < -0.3 is 15.2 Å². The Labute approximate surface area is 208 Å². The molecule has 1 heterocycles. The molecule has 0 radical (unpaired) electrons. The second kappa shape index (κ2) is 9.31. The number of amides is 1. The molecular formula is C27H20F3NO4S. The Bertz CT molecular complexity index is 1420. The van der Waals surface area contributed by atoms with Gasteiger partial charge in [0.05, 0.1) is 5.56 Å². The summed E-state index contributed by atoms with van der Waals surface area (Å²) < 4.78 is 45.4. The van der Waals surface area contributed by atoms with E-state index in [4.69, 9.17) is 4.74 Å². The van der Waals surface area contributed by atoms with E-state index in [2.05, 4.69) is 5.32 Å². The number of hydrogen-bond acceptors (Lipinski definition) is 4. The highest BCUT2D eigenvalue weighted by Gasteiger charge is 2.34. The van der Waals surface area contributed by atoms with Gasteiger partial charge in [0.25, 0.3) is 0 Å². The van der Waals surface area contributed by atoms with Crippen LogP contribution < -0.4 is 5.32 Å². The molecule has 2 N–H and O–H groups in total. The van der Waals surface area contributed by atoms with Gasteiger partial charge in [-0.25, -0.2) is 9.59 Å². The number of ether oxygens (including phenoxy) is 1. The van der Waals surface area contributed by atoms with Gasteiger partial charge in [0.2, 0.25) is 0 Å². The smallest absolute Gasteiger partial charge is 0.417 e. The largest absolute Gasteiger partial charge is 0.480 e. The predicted octanol–water partition coefficient (Wildman–Crippen LogP) is 6.45. The van der Waals surface area contributed by atoms with E-state index in [-0.39, 0.29) is 23.6 Å². The Balaban J connectivity index is 1.30. The highest BCUT2D eigenvalue weighted by atomic mass is 32.1. The first-order chi connectivity index (χ1) is 17.2. The lowest BCUT2D eigenvalue weighted by Crippen LogP contribution is -2.42. The molecule has 4 aromatic rings. The Morgan fingerprint density at radius 2 is 1.61 bits per heavy atom. The van der Waals surface area contributed by atoms with Crippen molar-refractivity contribution in [3.05, 3.63) is 94.4 Å². The fourth-order valence-electron chi connectivity index (χ4n) is 4.69. The van der Waals surface area contributed by atoms with Gasteiger partial charge in [0.15, 0.2) is 0 Å². The number of nitrogens with one attached hydrogen (secondary N) is 1. The van der Waals surface area contributed by atoms with Gasteiger partial charge >= 0.3 is 18.2 Å². The summed E-state index contributed by atoms with van der Waals surface area (Å²) in [6.07, 6.45) is -5.60. The minimum atomic E-state index is -4.52. The number of carbonyl (C=O) groups excluding carboxylic acids is 1. The monoisotopic (exact) mass is 511 g/mol. The van der Waals surface area contributed by atoms with E-state index in [1.54, 1.807) is 0 Å². The maximum atomic E-state index is 13.3. The fourth-order valence-corrected chi connectivity index (χ4v) is 5.81. The van der Waals surface area contributed by atoms with Crippen molar-refractivity contribution in [3.63, 3.8) is 0 Å². The Morgan fingerprint density at radius 3 is 2.22 bits per heavy atom. The van der Waals surface area contributed by atoms with E-state index >= 15 is 0 Å². The number of rotatable bonds is 6. The summed E-state index contributed by atoms with van der Waals surface area (Å²) in [6.45, 7) is 0.0164. The summed E-state index contributed by atoms with van der Waals surface area (Å²) in [6, 6.07) is 18.1. The highest BCUT2D eigenvalue weighted by Crippen LogP contribution is 2.44. The van der Waals surface area contributed by atoms with E-state index < -0.39 is 29.8 Å². The number of fused-ring (bicyclic) bond motifs is 4. The molecule has 0 saturated carbocycles. The quantitative estimate of drug-likeness (QED) is 0.312. The lowest BCUT2D eigenvalue weighted by molar-refractivity contribution is -0.139. The molecule has 184 valence electrons. The van der Waals surface area contributed by atoms with Crippen LogP contribution in [0.4, 0.5) is 18.0 Å². The van der Waals surface area contributed by atoms with Crippen LogP contribution in [0.25, 0.3) is 21.2 Å². The van der Waals surface area contributed by atoms with E-state index in [9.17, 15) is 27.9 Å². The zero-order valence-electron chi connectivity index (χ0n) is 18.7. The zero-order valence-corrected chi connectivity index (χ0v) is 19.5. The lowest BCUT2D eigenvalue weighted by Gasteiger charge is -2.17. The van der Waals surface area contributed by atoms with Crippen molar-refractivity contribution in [1.82, 2.24) is 5.32 Å². The molecule has 1 aliphatic carbocycles. The number of aliphatic carboxylic acids is 1. The topological polar surface area (TPSA) is 75.6 Å². The summed E-state index contributed by atoms with van der Waals surface area (Å²) in [5, 5.41) is 13.8. The molecule has 1 aliphatic rings. The van der Waals surface area contributed by atoms with Gasteiger partial charge in [-0.3, -0.25) is 0 Å². The number of alkyl halides is 3. The van der Waals surface area contributed by atoms with E-state index in [0.29, 0.717) is 10.9 Å². The van der Waals surface area contributed by atoms with E-state index in [1.807, 2.05) is 48.5 Å². The Kier molecular flexibility index (Phi) is 6.17. The van der Waals surface area contributed by atoms with Gasteiger partial charge in [-0.05, 0) is 44.6 Å². The second-order valence-corrected chi connectivity index (χ2v) is 9.39. The number of benzene rings is 3. The van der Waals surface area contributed by atoms with Crippen LogP contribution >= 0.6 is 11.3 Å². The number of carbonyl (C=O) groups is 2. The average molecular weight is 512 g/mol. The lowest BCUT2D eigenvalue weighted by atomic mass is 9.98. The van der Waals surface area contributed by atoms with Gasteiger partial charge in [-0.2, -0.15) is 13.2 Å². The van der Waals surface area contributed by atoms with Crippen LogP contribution in [0.1, 0.15) is 28.2 Å². The van der Waals surface area contributed by atoms with E-state index in [0.717, 1.165) is 39.7 Å². The Morgan fingerprint density at radius 1 is 0.972 bits per heavy atom. The zero-order chi connectivity index (χ0) is 25.4. The molecule has 0 saturated heterocycles. The van der Waals surface area contributed by atoms with Gasteiger partial charge in [-0.1, -0.05) is 60.7 Å². The molecule has 5 nitrogen and oxygen atoms in total. The predicted molar refractivity (Wildman–Crippen MR) is 130 cm³/mol. The number of alkyl carbamates (subject to hydrolysis) is 1. The summed E-state index contributed by atoms with van der Waals surface area (Å²) >= 11 is 0.897. The van der Waals surface area contributed by atoms with Gasteiger partial charge in [-0.15, -0.1) is 11.3 Å². The molecule has 0 unspecified atom stereocenters. The summed E-state index contributed by atoms with van der Waals surface area (Å²) in [5.74, 6) is -1.50. The molecule has 36 heavy (non-hydrogen) atoms. The first-order valence-electron chi connectivity index (χ1n) is 11.1. The molecule has 1 atom stereocenters. The van der Waals surface area contributed by atoms with Crippen LogP contribution in [0.15, 0.2) is 72.1 Å². The molecular weight excluding hydrogens is 491 g/mol.